The fourth-order valence-corrected chi connectivity index (χ4v) is 5.10. The molecule has 1 aromatic heterocycles. The van der Waals surface area contributed by atoms with Crippen LogP contribution in [-0.4, -0.2) is 59.9 Å². The number of piperidine rings is 1. The van der Waals surface area contributed by atoms with E-state index in [1.807, 2.05) is 37.1 Å². The van der Waals surface area contributed by atoms with E-state index in [0.717, 1.165) is 50.0 Å². The fourth-order valence-electron chi connectivity index (χ4n) is 5.10. The second kappa shape index (κ2) is 9.72. The number of rotatable bonds is 1. The van der Waals surface area contributed by atoms with Gasteiger partial charge in [-0.1, -0.05) is 24.6 Å². The topological polar surface area (TPSA) is 62.7 Å². The summed E-state index contributed by atoms with van der Waals surface area (Å²) in [5.74, 6) is 1.04. The molecular weight excluding hydrogens is 402 g/mol. The largest absolute Gasteiger partial charge is 0.491 e. The number of fused-ring (bicyclic) bond motifs is 1. The number of likely N-dealkylation sites (N-methyl/N-ethyl adjacent to an activating group) is 1. The van der Waals surface area contributed by atoms with Crippen LogP contribution in [0.5, 0.6) is 5.75 Å². The third-order valence-corrected chi connectivity index (χ3v) is 6.91. The van der Waals surface area contributed by atoms with Crippen LogP contribution in [0.2, 0.25) is 0 Å². The van der Waals surface area contributed by atoms with Crippen LogP contribution in [0.25, 0.3) is 0 Å². The van der Waals surface area contributed by atoms with Gasteiger partial charge in [0.25, 0.3) is 5.91 Å². The SMILES string of the molecule is Cc1ncccc1C(=O)N1CCCC2(CCCCc3ccccc3OCCN(C)C2=O)C1. The first-order valence-corrected chi connectivity index (χ1v) is 11.7. The van der Waals surface area contributed by atoms with Crippen LogP contribution in [-0.2, 0) is 11.2 Å². The first kappa shape index (κ1) is 22.3. The van der Waals surface area contributed by atoms with Crippen molar-refractivity contribution in [2.24, 2.45) is 5.41 Å². The van der Waals surface area contributed by atoms with Crippen molar-refractivity contribution in [1.29, 1.82) is 0 Å². The number of carbonyl (C=O) groups is 2. The van der Waals surface area contributed by atoms with Crippen molar-refractivity contribution in [3.05, 3.63) is 59.4 Å². The molecule has 1 saturated heterocycles. The second-order valence-corrected chi connectivity index (χ2v) is 9.14. The van der Waals surface area contributed by atoms with Crippen molar-refractivity contribution in [1.82, 2.24) is 14.8 Å². The highest BCUT2D eigenvalue weighted by Gasteiger charge is 2.44. The van der Waals surface area contributed by atoms with E-state index >= 15 is 0 Å². The van der Waals surface area contributed by atoms with Crippen LogP contribution in [0.1, 0.15) is 53.7 Å². The summed E-state index contributed by atoms with van der Waals surface area (Å²) in [6, 6.07) is 11.8. The molecule has 2 aliphatic rings. The molecule has 2 aliphatic heterocycles. The number of aromatic nitrogens is 1. The van der Waals surface area contributed by atoms with Gasteiger partial charge in [-0.05, 0) is 62.8 Å². The van der Waals surface area contributed by atoms with Crippen LogP contribution in [0.3, 0.4) is 0 Å². The molecule has 3 heterocycles. The van der Waals surface area contributed by atoms with Gasteiger partial charge in [-0.15, -0.1) is 0 Å². The summed E-state index contributed by atoms with van der Waals surface area (Å²) in [7, 11) is 1.86. The van der Waals surface area contributed by atoms with Gasteiger partial charge in [-0.25, -0.2) is 0 Å². The van der Waals surface area contributed by atoms with Crippen molar-refractivity contribution in [2.75, 3.05) is 33.3 Å². The zero-order chi connectivity index (χ0) is 22.6. The molecule has 2 amide bonds. The third kappa shape index (κ3) is 4.64. The average molecular weight is 436 g/mol. The van der Waals surface area contributed by atoms with E-state index in [4.69, 9.17) is 4.74 Å². The minimum atomic E-state index is -0.530. The van der Waals surface area contributed by atoms with Gasteiger partial charge in [0.1, 0.15) is 12.4 Å². The lowest BCUT2D eigenvalue weighted by Crippen LogP contribution is -2.54. The van der Waals surface area contributed by atoms with Crippen molar-refractivity contribution >= 4 is 11.8 Å². The lowest BCUT2D eigenvalue weighted by molar-refractivity contribution is -0.144. The summed E-state index contributed by atoms with van der Waals surface area (Å²) in [5.41, 5.74) is 2.06. The average Bonchev–Trinajstić information content (AvgIpc) is 2.81. The summed E-state index contributed by atoms with van der Waals surface area (Å²) in [6.07, 6.45) is 7.04. The Balaban J connectivity index is 1.55. The molecule has 0 radical (unpaired) electrons. The normalized spacial score (nSPS) is 22.5. The number of carbonyl (C=O) groups excluding carboxylic acids is 2. The summed E-state index contributed by atoms with van der Waals surface area (Å²) in [5, 5.41) is 0. The Morgan fingerprint density at radius 1 is 1.06 bits per heavy atom. The molecule has 6 heteroatoms. The van der Waals surface area contributed by atoms with Gasteiger partial charge in [0.15, 0.2) is 0 Å². The van der Waals surface area contributed by atoms with Crippen LogP contribution in [0.4, 0.5) is 0 Å². The number of benzene rings is 1. The molecular formula is C26H33N3O3. The molecule has 4 rings (SSSR count). The third-order valence-electron chi connectivity index (χ3n) is 6.91. The van der Waals surface area contributed by atoms with E-state index in [0.29, 0.717) is 31.8 Å². The maximum atomic E-state index is 13.7. The second-order valence-electron chi connectivity index (χ2n) is 9.14. The van der Waals surface area contributed by atoms with Crippen LogP contribution in [0.15, 0.2) is 42.6 Å². The van der Waals surface area contributed by atoms with E-state index in [1.165, 1.54) is 5.56 Å². The first-order chi connectivity index (χ1) is 15.5. The lowest BCUT2D eigenvalue weighted by atomic mass is 9.74. The summed E-state index contributed by atoms with van der Waals surface area (Å²) >= 11 is 0. The number of ether oxygens (including phenoxy) is 1. The smallest absolute Gasteiger partial charge is 0.255 e. The molecule has 6 nitrogen and oxygen atoms in total. The summed E-state index contributed by atoms with van der Waals surface area (Å²) < 4.78 is 6.02. The highest BCUT2D eigenvalue weighted by molar-refractivity contribution is 5.96. The first-order valence-electron chi connectivity index (χ1n) is 11.7. The molecule has 1 spiro atoms. The Hall–Kier alpha value is -2.89. The number of amides is 2. The van der Waals surface area contributed by atoms with Crippen molar-refractivity contribution < 1.29 is 14.3 Å². The number of likely N-dealkylation sites (tertiary alicyclic amines) is 1. The van der Waals surface area contributed by atoms with Gasteiger partial charge in [-0.2, -0.15) is 0 Å². The van der Waals surface area contributed by atoms with Crippen molar-refractivity contribution in [3.8, 4) is 5.75 Å². The number of nitrogens with zero attached hydrogens (tertiary/aromatic N) is 3. The quantitative estimate of drug-likeness (QED) is 0.682. The highest BCUT2D eigenvalue weighted by Crippen LogP contribution is 2.38. The molecule has 0 bridgehead atoms. The van der Waals surface area contributed by atoms with Crippen molar-refractivity contribution in [2.45, 2.75) is 45.4 Å². The summed E-state index contributed by atoms with van der Waals surface area (Å²) in [6.45, 7) is 4.01. The molecule has 1 aromatic carbocycles. The Morgan fingerprint density at radius 3 is 2.72 bits per heavy atom. The number of para-hydroxylation sites is 1. The number of aryl methyl sites for hydroxylation is 2. The predicted molar refractivity (Wildman–Crippen MR) is 124 cm³/mol. The standard InChI is InChI=1S/C26H33N3O3/c1-20-22(11-7-15-27-20)24(30)29-16-8-14-26(19-29)13-6-5-10-21-9-3-4-12-23(21)32-18-17-28(2)25(26)31/h3-4,7,9,11-12,15H,5-6,8,10,13-14,16-19H2,1-2H3. The van der Waals surface area contributed by atoms with Gasteiger partial charge in [0.05, 0.1) is 17.5 Å². The van der Waals surface area contributed by atoms with Crippen LogP contribution < -0.4 is 4.74 Å². The molecule has 1 unspecified atom stereocenters. The Kier molecular flexibility index (Phi) is 6.77. The van der Waals surface area contributed by atoms with E-state index in [1.54, 1.807) is 17.2 Å². The van der Waals surface area contributed by atoms with Gasteiger partial charge in [0.2, 0.25) is 5.91 Å². The lowest BCUT2D eigenvalue weighted by Gasteiger charge is -2.44. The van der Waals surface area contributed by atoms with Gasteiger partial charge >= 0.3 is 0 Å². The van der Waals surface area contributed by atoms with Crippen LogP contribution >= 0.6 is 0 Å². The monoisotopic (exact) mass is 435 g/mol. The van der Waals surface area contributed by atoms with E-state index in [-0.39, 0.29) is 11.8 Å². The van der Waals surface area contributed by atoms with Crippen molar-refractivity contribution in [3.63, 3.8) is 0 Å². The summed E-state index contributed by atoms with van der Waals surface area (Å²) in [4.78, 5) is 34.9. The Morgan fingerprint density at radius 2 is 1.88 bits per heavy atom. The molecule has 1 fully saturated rings. The maximum absolute atomic E-state index is 13.7. The van der Waals surface area contributed by atoms with Gasteiger partial charge < -0.3 is 14.5 Å². The van der Waals surface area contributed by atoms with Crippen LogP contribution in [0, 0.1) is 12.3 Å². The molecule has 170 valence electrons. The minimum absolute atomic E-state index is 0.0199. The minimum Gasteiger partial charge on any atom is -0.491 e. The predicted octanol–water partition coefficient (Wildman–Crippen LogP) is 3.88. The number of pyridine rings is 1. The zero-order valence-electron chi connectivity index (χ0n) is 19.2. The maximum Gasteiger partial charge on any atom is 0.255 e. The van der Waals surface area contributed by atoms with Gasteiger partial charge in [0, 0.05) is 32.0 Å². The number of hydrogen-bond donors (Lipinski definition) is 0. The molecule has 1 atom stereocenters. The molecule has 0 saturated carbocycles. The zero-order valence-corrected chi connectivity index (χ0v) is 19.2. The highest BCUT2D eigenvalue weighted by atomic mass is 16.5. The molecule has 2 aromatic rings. The fraction of sp³-hybridized carbons (Fsp3) is 0.500. The Labute approximate surface area is 190 Å². The molecule has 0 N–H and O–H groups in total. The van der Waals surface area contributed by atoms with Gasteiger partial charge in [-0.3, -0.25) is 14.6 Å². The molecule has 0 aliphatic carbocycles. The Bertz CT molecular complexity index is 976. The van der Waals surface area contributed by atoms with E-state index in [2.05, 4.69) is 17.1 Å². The van der Waals surface area contributed by atoms with E-state index < -0.39 is 5.41 Å². The van der Waals surface area contributed by atoms with E-state index in [9.17, 15) is 9.59 Å². The number of hydrogen-bond acceptors (Lipinski definition) is 4. The molecule has 32 heavy (non-hydrogen) atoms.